The molecule has 41 heavy (non-hydrogen) atoms. The lowest BCUT2D eigenvalue weighted by Gasteiger charge is -2.54. The van der Waals surface area contributed by atoms with Crippen LogP contribution in [0.4, 0.5) is 0 Å². The minimum atomic E-state index is -4.02. The van der Waals surface area contributed by atoms with E-state index in [0.717, 1.165) is 0 Å². The van der Waals surface area contributed by atoms with Gasteiger partial charge in [0.15, 0.2) is 0 Å². The molecule has 0 saturated carbocycles. The van der Waals surface area contributed by atoms with Gasteiger partial charge in [-0.25, -0.2) is 13.4 Å². The van der Waals surface area contributed by atoms with Crippen molar-refractivity contribution in [3.05, 3.63) is 120 Å². The molecular formula is C30H31N5O5S. The Morgan fingerprint density at radius 3 is 2.27 bits per heavy atom. The van der Waals surface area contributed by atoms with Crippen LogP contribution in [0.25, 0.3) is 0 Å². The fraction of sp³-hybridized carbons (Fsp3) is 0.233. The van der Waals surface area contributed by atoms with Crippen LogP contribution in [0, 0.1) is 0 Å². The van der Waals surface area contributed by atoms with E-state index in [1.165, 1.54) is 19.2 Å². The molecule has 3 aromatic carbocycles. The van der Waals surface area contributed by atoms with Crippen molar-refractivity contribution in [2.45, 2.75) is 24.5 Å². The molecule has 2 saturated heterocycles. The van der Waals surface area contributed by atoms with Crippen LogP contribution in [-0.4, -0.2) is 71.2 Å². The number of carbonyl (C=O) groups is 3. The molecule has 0 unspecified atom stereocenters. The molecule has 11 heteroatoms. The fourth-order valence-electron chi connectivity index (χ4n) is 5.45. The minimum absolute atomic E-state index is 0.0730. The highest BCUT2D eigenvalue weighted by Crippen LogP contribution is 2.37. The molecule has 10 nitrogen and oxygen atoms in total. The lowest BCUT2D eigenvalue weighted by atomic mass is 9.98. The van der Waals surface area contributed by atoms with Crippen LogP contribution in [0.15, 0.2) is 97.6 Å². The van der Waals surface area contributed by atoms with Gasteiger partial charge in [-0.15, -0.1) is 11.0 Å². The minimum Gasteiger partial charge on any atom is -0.366 e. The lowest BCUT2D eigenvalue weighted by molar-refractivity contribution is -0.184. The summed E-state index contributed by atoms with van der Waals surface area (Å²) in [6.07, 6.45) is 0.538. The van der Waals surface area contributed by atoms with E-state index in [1.807, 2.05) is 12.1 Å². The predicted molar refractivity (Wildman–Crippen MR) is 153 cm³/mol. The van der Waals surface area contributed by atoms with Crippen LogP contribution in [0.2, 0.25) is 0 Å². The summed E-state index contributed by atoms with van der Waals surface area (Å²) in [6, 6.07) is 23.3. The molecule has 2 aliphatic rings. The van der Waals surface area contributed by atoms with Gasteiger partial charge >= 0.3 is 0 Å². The Labute approximate surface area is 239 Å². The second kappa shape index (κ2) is 11.7. The Morgan fingerprint density at radius 1 is 0.951 bits per heavy atom. The van der Waals surface area contributed by atoms with E-state index >= 15 is 0 Å². The monoisotopic (exact) mass is 573 g/mol. The third-order valence-electron chi connectivity index (χ3n) is 7.19. The maximum atomic E-state index is 14.1. The number of hydrazine groups is 1. The number of rotatable bonds is 9. The summed E-state index contributed by atoms with van der Waals surface area (Å²) >= 11 is 0. The van der Waals surface area contributed by atoms with Crippen molar-refractivity contribution in [1.29, 1.82) is 0 Å². The Bertz CT molecular complexity index is 1560. The zero-order valence-electron chi connectivity index (χ0n) is 22.4. The largest absolute Gasteiger partial charge is 0.366 e. The van der Waals surface area contributed by atoms with Crippen molar-refractivity contribution in [1.82, 2.24) is 19.2 Å². The SMILES string of the molecule is C=CCN1CC(=O)N2[C@@H](c3ccccc3)C(=O)N(Cc3cccc(C(N)=O)c3)C[C@@H]2N1S(=O)(=O)Cc1ccccc1. The quantitative estimate of drug-likeness (QED) is 0.392. The summed E-state index contributed by atoms with van der Waals surface area (Å²) in [5.74, 6) is -1.59. The molecule has 2 heterocycles. The number of hydrogen-bond acceptors (Lipinski definition) is 6. The Kier molecular flexibility index (Phi) is 8.02. The highest BCUT2D eigenvalue weighted by atomic mass is 32.2. The first-order chi connectivity index (χ1) is 19.7. The van der Waals surface area contributed by atoms with Crippen LogP contribution in [-0.2, 0) is 31.9 Å². The van der Waals surface area contributed by atoms with E-state index in [4.69, 9.17) is 5.73 Å². The molecule has 0 radical (unpaired) electrons. The summed E-state index contributed by atoms with van der Waals surface area (Å²) < 4.78 is 29.4. The van der Waals surface area contributed by atoms with Crippen LogP contribution in [0.5, 0.6) is 0 Å². The van der Waals surface area contributed by atoms with Crippen molar-refractivity contribution < 1.29 is 22.8 Å². The molecule has 0 aliphatic carbocycles. The van der Waals surface area contributed by atoms with Crippen molar-refractivity contribution in [2.24, 2.45) is 5.73 Å². The van der Waals surface area contributed by atoms with Crippen molar-refractivity contribution in [2.75, 3.05) is 19.6 Å². The highest BCUT2D eigenvalue weighted by Gasteiger charge is 2.53. The number of nitrogens with zero attached hydrogens (tertiary/aromatic N) is 4. The van der Waals surface area contributed by atoms with Crippen LogP contribution < -0.4 is 5.73 Å². The van der Waals surface area contributed by atoms with Gasteiger partial charge in [0.25, 0.3) is 5.91 Å². The van der Waals surface area contributed by atoms with E-state index in [2.05, 4.69) is 6.58 Å². The maximum absolute atomic E-state index is 14.1. The molecule has 2 fully saturated rings. The molecule has 3 aromatic rings. The summed E-state index contributed by atoms with van der Waals surface area (Å²) in [4.78, 5) is 42.4. The number of amides is 3. The van der Waals surface area contributed by atoms with Gasteiger partial charge in [0.05, 0.1) is 18.8 Å². The molecule has 3 amide bonds. The topological polar surface area (TPSA) is 124 Å². The normalized spacial score (nSPS) is 20.1. The van der Waals surface area contributed by atoms with Gasteiger partial charge in [-0.2, -0.15) is 0 Å². The van der Waals surface area contributed by atoms with E-state index in [9.17, 15) is 22.8 Å². The molecule has 0 aromatic heterocycles. The van der Waals surface area contributed by atoms with Gasteiger partial charge in [0.2, 0.25) is 21.8 Å². The number of sulfonamides is 1. The zero-order valence-corrected chi connectivity index (χ0v) is 23.2. The molecule has 0 spiro atoms. The van der Waals surface area contributed by atoms with Gasteiger partial charge in [0.1, 0.15) is 12.2 Å². The standard InChI is InChI=1S/C30H31N5O5S/c1-2-16-33-20-27(36)34-26(35(33)41(39,40)21-22-10-5-3-6-11-22)19-32(18-23-12-9-15-25(17-23)29(31)37)30(38)28(34)24-13-7-4-8-14-24/h2-15,17,26,28H,1,16,18-21H2,(H2,31,37)/t26-,28-/m0/s1. The smallest absolute Gasteiger partial charge is 0.250 e. The highest BCUT2D eigenvalue weighted by molar-refractivity contribution is 7.88. The average molecular weight is 574 g/mol. The maximum Gasteiger partial charge on any atom is 0.250 e. The lowest BCUT2D eigenvalue weighted by Crippen LogP contribution is -2.73. The summed E-state index contributed by atoms with van der Waals surface area (Å²) in [6.45, 7) is 3.67. The molecule has 2 aliphatic heterocycles. The van der Waals surface area contributed by atoms with Gasteiger partial charge < -0.3 is 15.5 Å². The third kappa shape index (κ3) is 5.78. The van der Waals surface area contributed by atoms with E-state index in [0.29, 0.717) is 22.3 Å². The first-order valence-electron chi connectivity index (χ1n) is 13.1. The number of nitrogens with two attached hydrogens (primary N) is 1. The number of benzene rings is 3. The number of fused-ring (bicyclic) bond motifs is 1. The van der Waals surface area contributed by atoms with Crippen LogP contribution >= 0.6 is 0 Å². The number of hydrogen-bond donors (Lipinski definition) is 1. The molecule has 2 atom stereocenters. The van der Waals surface area contributed by atoms with Gasteiger partial charge in [0, 0.05) is 18.7 Å². The van der Waals surface area contributed by atoms with Gasteiger partial charge in [-0.3, -0.25) is 14.4 Å². The van der Waals surface area contributed by atoms with Crippen molar-refractivity contribution >= 4 is 27.7 Å². The molecule has 2 N–H and O–H groups in total. The Balaban J connectivity index is 1.60. The molecular weight excluding hydrogens is 542 g/mol. The third-order valence-corrected chi connectivity index (χ3v) is 8.93. The number of primary amides is 1. The van der Waals surface area contributed by atoms with Crippen molar-refractivity contribution in [3.8, 4) is 0 Å². The van der Waals surface area contributed by atoms with E-state index < -0.39 is 28.1 Å². The number of carbonyl (C=O) groups excluding carboxylic acids is 3. The fourth-order valence-corrected chi connectivity index (χ4v) is 7.21. The molecule has 5 rings (SSSR count). The first-order valence-corrected chi connectivity index (χ1v) is 14.8. The van der Waals surface area contributed by atoms with Gasteiger partial charge in [-0.05, 0) is 28.8 Å². The van der Waals surface area contributed by atoms with E-state index in [-0.39, 0.29) is 43.7 Å². The average Bonchev–Trinajstić information content (AvgIpc) is 2.95. The van der Waals surface area contributed by atoms with Gasteiger partial charge in [-0.1, -0.05) is 78.9 Å². The van der Waals surface area contributed by atoms with Crippen molar-refractivity contribution in [3.63, 3.8) is 0 Å². The first kappa shape index (κ1) is 28.2. The molecule has 212 valence electrons. The molecule has 0 bridgehead atoms. The number of piperazine rings is 1. The summed E-state index contributed by atoms with van der Waals surface area (Å²) in [5, 5.41) is 1.47. The predicted octanol–water partition coefficient (Wildman–Crippen LogP) is 2.27. The second-order valence-corrected chi connectivity index (χ2v) is 11.9. The van der Waals surface area contributed by atoms with Crippen LogP contribution in [0.1, 0.15) is 33.1 Å². The van der Waals surface area contributed by atoms with Crippen LogP contribution in [0.3, 0.4) is 0 Å². The Hall–Kier alpha value is -4.32. The zero-order chi connectivity index (χ0) is 29.1. The summed E-state index contributed by atoms with van der Waals surface area (Å²) in [5.41, 5.74) is 7.59. The summed E-state index contributed by atoms with van der Waals surface area (Å²) in [7, 11) is -4.02. The Morgan fingerprint density at radius 2 is 1.61 bits per heavy atom. The van der Waals surface area contributed by atoms with E-state index in [1.54, 1.807) is 78.9 Å². The second-order valence-electron chi connectivity index (χ2n) is 10.0.